The van der Waals surface area contributed by atoms with Crippen molar-refractivity contribution in [2.75, 3.05) is 6.54 Å². The van der Waals surface area contributed by atoms with Gasteiger partial charge in [0.25, 0.3) is 5.91 Å². The van der Waals surface area contributed by atoms with Crippen LogP contribution in [-0.4, -0.2) is 23.4 Å². The summed E-state index contributed by atoms with van der Waals surface area (Å²) in [6.07, 6.45) is 0. The van der Waals surface area contributed by atoms with Gasteiger partial charge < -0.3 is 5.32 Å². The lowest BCUT2D eigenvalue weighted by Crippen LogP contribution is -2.42. The van der Waals surface area contributed by atoms with Gasteiger partial charge in [-0.2, -0.15) is 5.26 Å². The molecule has 0 bridgehead atoms. The number of nitrogens with one attached hydrogen (secondary N) is 1. The van der Waals surface area contributed by atoms with Crippen LogP contribution in [0, 0.1) is 23.0 Å². The van der Waals surface area contributed by atoms with Crippen LogP contribution in [0.1, 0.15) is 12.5 Å². The fraction of sp³-hybridized carbons (Fsp3) is 0.250. The monoisotopic (exact) mass is 265 g/mol. The van der Waals surface area contributed by atoms with Crippen molar-refractivity contribution in [3.63, 3.8) is 0 Å². The van der Waals surface area contributed by atoms with Crippen LogP contribution in [0.2, 0.25) is 0 Å². The fourth-order valence-electron chi connectivity index (χ4n) is 2.06. The van der Waals surface area contributed by atoms with Gasteiger partial charge in [-0.1, -0.05) is 6.07 Å². The number of hydrogen-bond donors (Lipinski definition) is 1. The second kappa shape index (κ2) is 4.31. The van der Waals surface area contributed by atoms with Gasteiger partial charge >= 0.3 is 6.03 Å². The summed E-state index contributed by atoms with van der Waals surface area (Å²) in [6.45, 7) is 0.725. The molecule has 5 nitrogen and oxygen atoms in total. The summed E-state index contributed by atoms with van der Waals surface area (Å²) >= 11 is 0. The molecule has 7 heteroatoms. The van der Waals surface area contributed by atoms with Crippen LogP contribution in [0.4, 0.5) is 13.6 Å². The van der Waals surface area contributed by atoms with E-state index in [1.165, 1.54) is 6.92 Å². The van der Waals surface area contributed by atoms with E-state index in [4.69, 9.17) is 5.26 Å². The lowest BCUT2D eigenvalue weighted by molar-refractivity contribution is -0.130. The van der Waals surface area contributed by atoms with E-state index in [-0.39, 0.29) is 0 Å². The van der Waals surface area contributed by atoms with Crippen LogP contribution in [0.5, 0.6) is 0 Å². The molecule has 1 aromatic rings. The highest BCUT2D eigenvalue weighted by Gasteiger charge is 2.51. The number of carbonyl (C=O) groups excluding carboxylic acids is 2. The molecule has 19 heavy (non-hydrogen) atoms. The number of imide groups is 1. The number of carbonyl (C=O) groups is 2. The molecule has 2 rings (SSSR count). The minimum Gasteiger partial charge on any atom is -0.319 e. The van der Waals surface area contributed by atoms with Gasteiger partial charge in [-0.3, -0.25) is 4.79 Å². The van der Waals surface area contributed by atoms with E-state index in [2.05, 4.69) is 5.32 Å². The average Bonchev–Trinajstić information content (AvgIpc) is 2.54. The molecule has 1 saturated heterocycles. The van der Waals surface area contributed by atoms with Crippen molar-refractivity contribution < 1.29 is 18.4 Å². The number of urea groups is 1. The number of hydrogen-bond acceptors (Lipinski definition) is 3. The van der Waals surface area contributed by atoms with E-state index >= 15 is 0 Å². The van der Waals surface area contributed by atoms with Gasteiger partial charge in [0.05, 0.1) is 11.6 Å². The Labute approximate surface area is 107 Å². The predicted molar refractivity (Wildman–Crippen MR) is 59.6 cm³/mol. The second-order valence-electron chi connectivity index (χ2n) is 4.20. The van der Waals surface area contributed by atoms with Gasteiger partial charge in [-0.15, -0.1) is 0 Å². The van der Waals surface area contributed by atoms with E-state index in [1.54, 1.807) is 6.07 Å². The van der Waals surface area contributed by atoms with Crippen molar-refractivity contribution in [3.8, 4) is 6.07 Å². The molecule has 1 atom stereocenters. The number of nitriles is 1. The van der Waals surface area contributed by atoms with Crippen molar-refractivity contribution in [1.29, 1.82) is 5.26 Å². The first-order chi connectivity index (χ1) is 8.91. The molecule has 1 aliphatic rings. The normalized spacial score (nSPS) is 22.3. The number of halogens is 2. The highest BCUT2D eigenvalue weighted by molar-refractivity contribution is 6.07. The summed E-state index contributed by atoms with van der Waals surface area (Å²) in [7, 11) is 0. The van der Waals surface area contributed by atoms with E-state index in [0.717, 1.165) is 18.2 Å². The molecule has 1 heterocycles. The Kier molecular flexibility index (Phi) is 2.94. The number of rotatable bonds is 2. The topological polar surface area (TPSA) is 73.2 Å². The van der Waals surface area contributed by atoms with Crippen molar-refractivity contribution >= 4 is 11.9 Å². The molecule has 0 aromatic heterocycles. The smallest absolute Gasteiger partial charge is 0.319 e. The highest BCUT2D eigenvalue weighted by Crippen LogP contribution is 2.32. The van der Waals surface area contributed by atoms with Gasteiger partial charge in [-0.05, 0) is 19.1 Å². The van der Waals surface area contributed by atoms with Crippen LogP contribution in [0.15, 0.2) is 18.2 Å². The van der Waals surface area contributed by atoms with Crippen molar-refractivity contribution in [1.82, 2.24) is 10.2 Å². The van der Waals surface area contributed by atoms with Gasteiger partial charge in [-0.25, -0.2) is 18.5 Å². The summed E-state index contributed by atoms with van der Waals surface area (Å²) in [5.41, 5.74) is -2.38. The predicted octanol–water partition coefficient (Wildman–Crippen LogP) is 1.26. The fourth-order valence-corrected chi connectivity index (χ4v) is 2.06. The zero-order valence-electron chi connectivity index (χ0n) is 9.91. The second-order valence-corrected chi connectivity index (χ2v) is 4.20. The lowest BCUT2D eigenvalue weighted by atomic mass is 9.91. The first-order valence-corrected chi connectivity index (χ1v) is 5.37. The summed E-state index contributed by atoms with van der Waals surface area (Å²) in [4.78, 5) is 24.3. The maximum atomic E-state index is 13.7. The Hall–Kier alpha value is -2.49. The summed E-state index contributed by atoms with van der Waals surface area (Å²) in [5.74, 6) is -2.73. The van der Waals surface area contributed by atoms with Gasteiger partial charge in [0, 0.05) is 0 Å². The number of amides is 3. The third-order valence-corrected chi connectivity index (χ3v) is 2.97. The number of nitrogens with zero attached hydrogens (tertiary/aromatic N) is 2. The van der Waals surface area contributed by atoms with Crippen LogP contribution >= 0.6 is 0 Å². The minimum atomic E-state index is -1.84. The Bertz CT molecular complexity index is 591. The quantitative estimate of drug-likeness (QED) is 0.646. The first-order valence-electron chi connectivity index (χ1n) is 5.37. The van der Waals surface area contributed by atoms with Gasteiger partial charge in [0.1, 0.15) is 23.7 Å². The molecule has 1 fully saturated rings. The van der Waals surface area contributed by atoms with Crippen molar-refractivity contribution in [2.45, 2.75) is 12.5 Å². The summed E-state index contributed by atoms with van der Waals surface area (Å²) < 4.78 is 27.5. The highest BCUT2D eigenvalue weighted by atomic mass is 19.1. The molecule has 0 radical (unpaired) electrons. The molecule has 0 aliphatic carbocycles. The van der Waals surface area contributed by atoms with Crippen molar-refractivity contribution in [2.24, 2.45) is 0 Å². The van der Waals surface area contributed by atoms with Crippen molar-refractivity contribution in [3.05, 3.63) is 35.4 Å². The first kappa shape index (κ1) is 13.0. The maximum absolute atomic E-state index is 13.7. The van der Waals surface area contributed by atoms with Gasteiger partial charge in [0.15, 0.2) is 0 Å². The molecule has 0 spiro atoms. The molecule has 98 valence electrons. The minimum absolute atomic E-state index is 0.476. The van der Waals surface area contributed by atoms with E-state index in [0.29, 0.717) is 4.90 Å². The van der Waals surface area contributed by atoms with E-state index in [9.17, 15) is 18.4 Å². The molecule has 3 amide bonds. The summed E-state index contributed by atoms with van der Waals surface area (Å²) in [6, 6.07) is 3.95. The Morgan fingerprint density at radius 3 is 2.47 bits per heavy atom. The molecular weight excluding hydrogens is 256 g/mol. The zero-order valence-corrected chi connectivity index (χ0v) is 9.91. The largest absolute Gasteiger partial charge is 0.326 e. The molecule has 1 aliphatic heterocycles. The van der Waals surface area contributed by atoms with Gasteiger partial charge in [0.2, 0.25) is 0 Å². The Morgan fingerprint density at radius 2 is 1.95 bits per heavy atom. The van der Waals surface area contributed by atoms with Crippen LogP contribution in [0.3, 0.4) is 0 Å². The Balaban J connectivity index is 2.54. The third-order valence-electron chi connectivity index (χ3n) is 2.97. The van der Waals surface area contributed by atoms with E-state index in [1.807, 2.05) is 0 Å². The molecular formula is C12H9F2N3O2. The SMILES string of the molecule is C[C@]1(c2c(F)cccc2F)NC(=O)N(CC#N)C1=O. The lowest BCUT2D eigenvalue weighted by Gasteiger charge is -2.22. The standard InChI is InChI=1S/C12H9F2N3O2/c1-12(9-7(13)3-2-4-8(9)14)10(18)17(6-5-15)11(19)16-12/h2-4H,6H2,1H3,(H,16,19)/t12-/m1/s1. The average molecular weight is 265 g/mol. The molecule has 1 aromatic carbocycles. The zero-order chi connectivity index (χ0) is 14.2. The maximum Gasteiger partial charge on any atom is 0.326 e. The number of benzene rings is 1. The van der Waals surface area contributed by atoms with E-state index < -0.39 is 41.2 Å². The van der Waals surface area contributed by atoms with Crippen LogP contribution in [0.25, 0.3) is 0 Å². The third kappa shape index (κ3) is 1.81. The molecule has 0 saturated carbocycles. The molecule has 1 N–H and O–H groups in total. The van der Waals surface area contributed by atoms with Crippen LogP contribution < -0.4 is 5.32 Å². The van der Waals surface area contributed by atoms with Crippen LogP contribution in [-0.2, 0) is 10.3 Å². The Morgan fingerprint density at radius 1 is 1.37 bits per heavy atom. The molecule has 0 unspecified atom stereocenters. The summed E-state index contributed by atoms with van der Waals surface area (Å²) in [5, 5.41) is 10.8.